The van der Waals surface area contributed by atoms with Crippen molar-refractivity contribution in [1.82, 2.24) is 25.3 Å². The molecule has 0 aliphatic carbocycles. The number of amides is 1. The largest absolute Gasteiger partial charge is 0.454 e. The molecule has 0 saturated carbocycles. The Bertz CT molecular complexity index is 1070. The second kappa shape index (κ2) is 7.24. The molecule has 0 spiro atoms. The van der Waals surface area contributed by atoms with E-state index in [4.69, 9.17) is 21.1 Å². The number of nitrogens with one attached hydrogen (secondary N) is 1. The van der Waals surface area contributed by atoms with Crippen molar-refractivity contribution in [2.45, 2.75) is 12.7 Å². The van der Waals surface area contributed by atoms with Crippen molar-refractivity contribution in [2.24, 2.45) is 0 Å². The molecule has 150 valence electrons. The van der Waals surface area contributed by atoms with Gasteiger partial charge in [-0.05, 0) is 29.8 Å². The zero-order chi connectivity index (χ0) is 20.6. The van der Waals surface area contributed by atoms with Crippen LogP contribution in [-0.4, -0.2) is 32.7 Å². The summed E-state index contributed by atoms with van der Waals surface area (Å²) in [5.41, 5.74) is -1.28. The first-order valence-electron chi connectivity index (χ1n) is 8.14. The molecule has 3 aromatic rings. The summed E-state index contributed by atoms with van der Waals surface area (Å²) in [6.07, 6.45) is -4.03. The van der Waals surface area contributed by atoms with Crippen LogP contribution in [0.3, 0.4) is 0 Å². The van der Waals surface area contributed by atoms with E-state index in [0.29, 0.717) is 21.7 Å². The summed E-state index contributed by atoms with van der Waals surface area (Å²) in [5.74, 6) is -0.105. The van der Waals surface area contributed by atoms with Crippen LogP contribution in [0.2, 0.25) is 5.15 Å². The number of halogens is 4. The number of aromatic nitrogens is 4. The van der Waals surface area contributed by atoms with Gasteiger partial charge in [0.1, 0.15) is 0 Å². The monoisotopic (exact) mass is 425 g/mol. The van der Waals surface area contributed by atoms with E-state index in [1.54, 1.807) is 18.2 Å². The van der Waals surface area contributed by atoms with Gasteiger partial charge in [-0.1, -0.05) is 17.7 Å². The van der Waals surface area contributed by atoms with Crippen molar-refractivity contribution in [3.8, 4) is 17.3 Å². The molecule has 0 unspecified atom stereocenters. The van der Waals surface area contributed by atoms with Gasteiger partial charge in [0.15, 0.2) is 28.2 Å². The zero-order valence-corrected chi connectivity index (χ0v) is 15.2. The lowest BCUT2D eigenvalue weighted by molar-refractivity contribution is -0.143. The predicted molar refractivity (Wildman–Crippen MR) is 92.9 cm³/mol. The first kappa shape index (κ1) is 19.0. The van der Waals surface area contributed by atoms with Gasteiger partial charge in [0.05, 0.1) is 11.8 Å². The quantitative estimate of drug-likeness (QED) is 0.691. The molecule has 0 bridgehead atoms. The van der Waals surface area contributed by atoms with Gasteiger partial charge in [-0.25, -0.2) is 4.68 Å². The van der Waals surface area contributed by atoms with Crippen molar-refractivity contribution < 1.29 is 27.4 Å². The third-order valence-electron chi connectivity index (χ3n) is 4.01. The Morgan fingerprint density at radius 2 is 1.97 bits per heavy atom. The van der Waals surface area contributed by atoms with E-state index in [9.17, 15) is 18.0 Å². The molecule has 1 aromatic carbocycles. The van der Waals surface area contributed by atoms with Crippen LogP contribution in [0.4, 0.5) is 13.2 Å². The zero-order valence-electron chi connectivity index (χ0n) is 14.4. The number of fused-ring (bicyclic) bond motifs is 1. The summed E-state index contributed by atoms with van der Waals surface area (Å²) < 4.78 is 51.8. The number of ether oxygens (including phenoxy) is 2. The molecule has 12 heteroatoms. The van der Waals surface area contributed by atoms with E-state index in [2.05, 4.69) is 20.6 Å². The summed E-state index contributed by atoms with van der Waals surface area (Å²) in [6.45, 7) is 0.0750. The predicted octanol–water partition coefficient (Wildman–Crippen LogP) is 2.99. The Hall–Kier alpha value is -3.34. The van der Waals surface area contributed by atoms with Gasteiger partial charge >= 0.3 is 6.18 Å². The molecule has 8 nitrogen and oxygen atoms in total. The van der Waals surface area contributed by atoms with Crippen LogP contribution in [0.5, 0.6) is 11.5 Å². The maximum atomic E-state index is 13.6. The molecule has 0 saturated heterocycles. The Balaban J connectivity index is 1.59. The molecular formula is C17H11ClF3N5O3. The first-order chi connectivity index (χ1) is 13.8. The van der Waals surface area contributed by atoms with Crippen molar-refractivity contribution in [3.63, 3.8) is 0 Å². The molecule has 0 radical (unpaired) electrons. The average Bonchev–Trinajstić information content (AvgIpc) is 3.33. The second-order valence-electron chi connectivity index (χ2n) is 5.90. The molecule has 29 heavy (non-hydrogen) atoms. The Kier molecular flexibility index (Phi) is 4.74. The highest BCUT2D eigenvalue weighted by atomic mass is 35.5. The van der Waals surface area contributed by atoms with Gasteiger partial charge in [0.25, 0.3) is 5.91 Å². The minimum Gasteiger partial charge on any atom is -0.454 e. The SMILES string of the molecule is O=C(NCc1ccc2c(c1)OCO2)c1cnn(-c2ccc(Cl)nn2)c1C(F)(F)F. The highest BCUT2D eigenvalue weighted by molar-refractivity contribution is 6.29. The normalized spacial score (nSPS) is 12.8. The molecule has 1 amide bonds. The van der Waals surface area contributed by atoms with Gasteiger partial charge in [-0.3, -0.25) is 4.79 Å². The molecule has 0 atom stereocenters. The van der Waals surface area contributed by atoms with Crippen LogP contribution in [0.15, 0.2) is 36.5 Å². The van der Waals surface area contributed by atoms with E-state index < -0.39 is 23.3 Å². The van der Waals surface area contributed by atoms with Crippen molar-refractivity contribution in [3.05, 3.63) is 58.5 Å². The molecule has 1 N–H and O–H groups in total. The van der Waals surface area contributed by atoms with Gasteiger partial charge in [-0.15, -0.1) is 10.2 Å². The maximum Gasteiger partial charge on any atom is 0.434 e. The smallest absolute Gasteiger partial charge is 0.434 e. The number of nitrogens with zero attached hydrogens (tertiary/aromatic N) is 4. The fourth-order valence-corrected chi connectivity index (χ4v) is 2.81. The van der Waals surface area contributed by atoms with Crippen molar-refractivity contribution in [2.75, 3.05) is 6.79 Å². The molecule has 1 aliphatic rings. The number of benzene rings is 1. The first-order valence-corrected chi connectivity index (χ1v) is 8.52. The van der Waals surface area contributed by atoms with E-state index in [-0.39, 0.29) is 24.3 Å². The molecule has 4 rings (SSSR count). The van der Waals surface area contributed by atoms with E-state index in [1.165, 1.54) is 12.1 Å². The number of hydrogen-bond donors (Lipinski definition) is 1. The van der Waals surface area contributed by atoms with Crippen LogP contribution in [0, 0.1) is 0 Å². The summed E-state index contributed by atoms with van der Waals surface area (Å²) in [5, 5.41) is 13.2. The third kappa shape index (κ3) is 3.81. The lowest BCUT2D eigenvalue weighted by Gasteiger charge is -2.12. The van der Waals surface area contributed by atoms with Gasteiger partial charge in [0, 0.05) is 6.54 Å². The van der Waals surface area contributed by atoms with Gasteiger partial charge in [0.2, 0.25) is 6.79 Å². The van der Waals surface area contributed by atoms with Crippen molar-refractivity contribution in [1.29, 1.82) is 0 Å². The van der Waals surface area contributed by atoms with Crippen LogP contribution < -0.4 is 14.8 Å². The van der Waals surface area contributed by atoms with Crippen LogP contribution >= 0.6 is 11.6 Å². The Morgan fingerprint density at radius 3 is 2.69 bits per heavy atom. The summed E-state index contributed by atoms with van der Waals surface area (Å²) in [4.78, 5) is 12.4. The number of carbonyl (C=O) groups is 1. The molecular weight excluding hydrogens is 415 g/mol. The highest BCUT2D eigenvalue weighted by Gasteiger charge is 2.41. The number of rotatable bonds is 4. The van der Waals surface area contributed by atoms with Gasteiger partial charge < -0.3 is 14.8 Å². The fraction of sp³-hybridized carbons (Fsp3) is 0.176. The topological polar surface area (TPSA) is 91.2 Å². The fourth-order valence-electron chi connectivity index (χ4n) is 2.71. The number of carbonyl (C=O) groups excluding carboxylic acids is 1. The molecule has 3 heterocycles. The third-order valence-corrected chi connectivity index (χ3v) is 4.21. The lowest BCUT2D eigenvalue weighted by Crippen LogP contribution is -2.26. The molecule has 1 aliphatic heterocycles. The standard InChI is InChI=1S/C17H11ClF3N5O3/c18-13-3-4-14(25-24-13)26-15(17(19,20)21)10(7-23-26)16(27)22-6-9-1-2-11-12(5-9)29-8-28-11/h1-5,7H,6,8H2,(H,22,27). The van der Waals surface area contributed by atoms with E-state index in [1.807, 2.05) is 0 Å². The Morgan fingerprint density at radius 1 is 1.17 bits per heavy atom. The van der Waals surface area contributed by atoms with Crippen LogP contribution in [0.1, 0.15) is 21.6 Å². The lowest BCUT2D eigenvalue weighted by atomic mass is 10.2. The minimum absolute atomic E-state index is 0.0103. The number of alkyl halides is 3. The number of hydrogen-bond acceptors (Lipinski definition) is 6. The molecule has 2 aromatic heterocycles. The average molecular weight is 426 g/mol. The second-order valence-corrected chi connectivity index (χ2v) is 6.29. The Labute approximate surface area is 166 Å². The van der Waals surface area contributed by atoms with Crippen molar-refractivity contribution >= 4 is 17.5 Å². The maximum absolute atomic E-state index is 13.6. The van der Waals surface area contributed by atoms with Crippen LogP contribution in [0.25, 0.3) is 5.82 Å². The van der Waals surface area contributed by atoms with Crippen LogP contribution in [-0.2, 0) is 12.7 Å². The summed E-state index contributed by atoms with van der Waals surface area (Å²) in [6, 6.07) is 7.45. The minimum atomic E-state index is -4.86. The van der Waals surface area contributed by atoms with E-state index in [0.717, 1.165) is 6.20 Å². The van der Waals surface area contributed by atoms with Gasteiger partial charge in [-0.2, -0.15) is 18.3 Å². The molecule has 0 fully saturated rings. The summed E-state index contributed by atoms with van der Waals surface area (Å²) in [7, 11) is 0. The summed E-state index contributed by atoms with van der Waals surface area (Å²) >= 11 is 5.61. The van der Waals surface area contributed by atoms with E-state index >= 15 is 0 Å². The highest BCUT2D eigenvalue weighted by Crippen LogP contribution is 2.34.